The average Bonchev–Trinajstić information content (AvgIpc) is 3.96. The first kappa shape index (κ1) is 31.2. The number of nitrogens with zero attached hydrogens (tertiary/aromatic N) is 1. The third-order valence-electron chi connectivity index (χ3n) is 11.3. The molecule has 0 radical (unpaired) electrons. The van der Waals surface area contributed by atoms with Gasteiger partial charge in [-0.15, -0.1) is 11.3 Å². The molecule has 262 valence electrons. The lowest BCUT2D eigenvalue weighted by Gasteiger charge is -2.26. The van der Waals surface area contributed by atoms with Crippen LogP contribution in [0.5, 0.6) is 0 Å². The van der Waals surface area contributed by atoms with Crippen LogP contribution in [0.25, 0.3) is 97.1 Å². The Morgan fingerprint density at radius 3 is 1.91 bits per heavy atom. The van der Waals surface area contributed by atoms with Crippen molar-refractivity contribution in [1.29, 1.82) is 0 Å². The fourth-order valence-electron chi connectivity index (χ4n) is 8.62. The molecule has 12 aromatic rings. The summed E-state index contributed by atoms with van der Waals surface area (Å²) in [6, 6.07) is 67.1. The molecule has 4 heteroatoms. The highest BCUT2D eigenvalue weighted by molar-refractivity contribution is 7.26. The number of fused-ring (bicyclic) bond motifs is 11. The van der Waals surface area contributed by atoms with Crippen LogP contribution in [0.1, 0.15) is 0 Å². The molecule has 0 aliphatic heterocycles. The van der Waals surface area contributed by atoms with Gasteiger partial charge in [-0.3, -0.25) is 0 Å². The third kappa shape index (κ3) is 4.76. The molecule has 0 atom stereocenters. The third-order valence-corrected chi connectivity index (χ3v) is 12.5. The lowest BCUT2D eigenvalue weighted by molar-refractivity contribution is 0.669. The lowest BCUT2D eigenvalue weighted by atomic mass is 9.98. The lowest BCUT2D eigenvalue weighted by Crippen LogP contribution is -2.10. The number of hydrogen-bond acceptors (Lipinski definition) is 4. The second kappa shape index (κ2) is 12.2. The largest absolute Gasteiger partial charge is 0.456 e. The molecule has 3 nitrogen and oxygen atoms in total. The zero-order valence-corrected chi connectivity index (χ0v) is 30.9. The summed E-state index contributed by atoms with van der Waals surface area (Å²) in [6.07, 6.45) is 0. The number of para-hydroxylation sites is 2. The van der Waals surface area contributed by atoms with Crippen molar-refractivity contribution >= 4 is 103 Å². The average molecular weight is 734 g/mol. The zero-order valence-electron chi connectivity index (χ0n) is 30.1. The molecule has 3 heterocycles. The number of anilines is 3. The van der Waals surface area contributed by atoms with E-state index in [4.69, 9.17) is 8.83 Å². The fraction of sp³-hybridized carbons (Fsp3) is 0. The van der Waals surface area contributed by atoms with Gasteiger partial charge in [0.25, 0.3) is 0 Å². The minimum absolute atomic E-state index is 0.860. The smallest absolute Gasteiger partial charge is 0.159 e. The molecule has 0 saturated heterocycles. The maximum Gasteiger partial charge on any atom is 0.159 e. The number of thiophene rings is 1. The van der Waals surface area contributed by atoms with E-state index in [0.29, 0.717) is 0 Å². The van der Waals surface area contributed by atoms with Crippen LogP contribution in [0, 0.1) is 0 Å². The highest BCUT2D eigenvalue weighted by atomic mass is 32.1. The van der Waals surface area contributed by atoms with Gasteiger partial charge in [0, 0.05) is 53.1 Å². The summed E-state index contributed by atoms with van der Waals surface area (Å²) < 4.78 is 15.7. The van der Waals surface area contributed by atoms with Gasteiger partial charge in [-0.2, -0.15) is 0 Å². The second-order valence-electron chi connectivity index (χ2n) is 14.4. The standard InChI is InChI=1S/C52H31NO2S/c1-2-10-35-31-36(20-19-32(35)9-1)33-21-25-37(26-22-33)53(44-15-7-14-42-40-11-3-5-16-45(40)55-51(42)44)38-27-23-34(24-28-38)39-13-8-17-46-49(39)50-47(54-46)30-29-43-41-12-4-6-18-48(41)56-52(43)50/h1-31H. The molecule has 0 N–H and O–H groups in total. The normalized spacial score (nSPS) is 11.9. The van der Waals surface area contributed by atoms with E-state index in [2.05, 4.69) is 181 Å². The molecule has 0 aliphatic carbocycles. The summed E-state index contributed by atoms with van der Waals surface area (Å²) in [7, 11) is 0. The van der Waals surface area contributed by atoms with Crippen LogP contribution >= 0.6 is 11.3 Å². The van der Waals surface area contributed by atoms with Crippen LogP contribution in [-0.4, -0.2) is 0 Å². The monoisotopic (exact) mass is 733 g/mol. The summed E-state index contributed by atoms with van der Waals surface area (Å²) >= 11 is 1.84. The van der Waals surface area contributed by atoms with Crippen molar-refractivity contribution < 1.29 is 8.83 Å². The topological polar surface area (TPSA) is 29.5 Å². The highest BCUT2D eigenvalue weighted by Crippen LogP contribution is 2.46. The van der Waals surface area contributed by atoms with E-state index in [-0.39, 0.29) is 0 Å². The number of furan rings is 2. The molecule has 56 heavy (non-hydrogen) atoms. The van der Waals surface area contributed by atoms with Crippen LogP contribution < -0.4 is 4.90 Å². The molecule has 9 aromatic carbocycles. The number of hydrogen-bond donors (Lipinski definition) is 0. The summed E-state index contributed by atoms with van der Waals surface area (Å²) in [5.41, 5.74) is 11.3. The van der Waals surface area contributed by atoms with Crippen LogP contribution in [0.4, 0.5) is 17.1 Å². The van der Waals surface area contributed by atoms with Crippen molar-refractivity contribution in [2.45, 2.75) is 0 Å². The van der Waals surface area contributed by atoms with E-state index in [0.717, 1.165) is 66.7 Å². The van der Waals surface area contributed by atoms with Crippen molar-refractivity contribution in [3.05, 3.63) is 188 Å². The first-order valence-corrected chi connectivity index (χ1v) is 19.7. The molecular weight excluding hydrogens is 703 g/mol. The second-order valence-corrected chi connectivity index (χ2v) is 15.5. The summed E-state index contributed by atoms with van der Waals surface area (Å²) in [6.45, 7) is 0. The Morgan fingerprint density at radius 1 is 0.393 bits per heavy atom. The maximum absolute atomic E-state index is 6.62. The van der Waals surface area contributed by atoms with Gasteiger partial charge in [-0.25, -0.2) is 0 Å². The minimum atomic E-state index is 0.860. The van der Waals surface area contributed by atoms with Crippen molar-refractivity contribution in [2.24, 2.45) is 0 Å². The summed E-state index contributed by atoms with van der Waals surface area (Å²) in [5.74, 6) is 0. The quantitative estimate of drug-likeness (QED) is 0.176. The van der Waals surface area contributed by atoms with E-state index in [1.54, 1.807) is 0 Å². The van der Waals surface area contributed by atoms with Gasteiger partial charge in [0.15, 0.2) is 5.58 Å². The van der Waals surface area contributed by atoms with E-state index in [9.17, 15) is 0 Å². The van der Waals surface area contributed by atoms with Gasteiger partial charge < -0.3 is 13.7 Å². The van der Waals surface area contributed by atoms with E-state index < -0.39 is 0 Å². The van der Waals surface area contributed by atoms with Gasteiger partial charge in [0.1, 0.15) is 16.7 Å². The number of rotatable bonds is 5. The van der Waals surface area contributed by atoms with Crippen molar-refractivity contribution in [3.63, 3.8) is 0 Å². The fourth-order valence-corrected chi connectivity index (χ4v) is 9.87. The Hall–Kier alpha value is -7.14. The molecule has 12 rings (SSSR count). The van der Waals surface area contributed by atoms with Crippen LogP contribution in [0.15, 0.2) is 197 Å². The minimum Gasteiger partial charge on any atom is -0.456 e. The summed E-state index contributed by atoms with van der Waals surface area (Å²) in [5, 5.41) is 9.58. The van der Waals surface area contributed by atoms with E-state index in [1.165, 1.54) is 47.5 Å². The van der Waals surface area contributed by atoms with Crippen molar-refractivity contribution in [1.82, 2.24) is 0 Å². The molecule has 0 aliphatic rings. The van der Waals surface area contributed by atoms with Crippen molar-refractivity contribution in [2.75, 3.05) is 4.90 Å². The predicted molar refractivity (Wildman–Crippen MR) is 237 cm³/mol. The molecular formula is C52H31NO2S. The predicted octanol–water partition coefficient (Wildman–Crippen LogP) is 15.8. The van der Waals surface area contributed by atoms with Crippen LogP contribution in [0.3, 0.4) is 0 Å². The van der Waals surface area contributed by atoms with Crippen LogP contribution in [0.2, 0.25) is 0 Å². The van der Waals surface area contributed by atoms with E-state index in [1.807, 2.05) is 23.5 Å². The molecule has 3 aromatic heterocycles. The van der Waals surface area contributed by atoms with Gasteiger partial charge >= 0.3 is 0 Å². The van der Waals surface area contributed by atoms with Gasteiger partial charge in [-0.1, -0.05) is 121 Å². The molecule has 0 saturated carbocycles. The summed E-state index contributed by atoms with van der Waals surface area (Å²) in [4.78, 5) is 2.31. The number of benzene rings is 9. The molecule has 0 fully saturated rings. The Bertz CT molecular complexity index is 3480. The Balaban J connectivity index is 1.01. The van der Waals surface area contributed by atoms with Crippen molar-refractivity contribution in [3.8, 4) is 22.3 Å². The Labute approximate surface area is 325 Å². The Morgan fingerprint density at radius 2 is 1.05 bits per heavy atom. The highest BCUT2D eigenvalue weighted by Gasteiger charge is 2.21. The molecule has 0 spiro atoms. The molecule has 0 unspecified atom stereocenters. The van der Waals surface area contributed by atoms with Gasteiger partial charge in [0.05, 0.1) is 5.69 Å². The van der Waals surface area contributed by atoms with E-state index >= 15 is 0 Å². The first-order valence-electron chi connectivity index (χ1n) is 18.9. The first-order chi connectivity index (χ1) is 27.7. The van der Waals surface area contributed by atoms with Gasteiger partial charge in [0.2, 0.25) is 0 Å². The SMILES string of the molecule is c1ccc2cc(-c3ccc(N(c4ccc(-c5cccc6oc7ccc8c9ccccc9sc8c7c56)cc4)c4cccc5c4oc4ccccc45)cc3)ccc2c1. The molecule has 0 bridgehead atoms. The molecule has 0 amide bonds. The zero-order chi connectivity index (χ0) is 36.7. The Kier molecular flexibility index (Phi) is 6.80. The van der Waals surface area contributed by atoms with Gasteiger partial charge in [-0.05, 0) is 99.8 Å². The van der Waals surface area contributed by atoms with Crippen LogP contribution in [-0.2, 0) is 0 Å². The maximum atomic E-state index is 6.62.